The summed E-state index contributed by atoms with van der Waals surface area (Å²) in [7, 11) is 0. The summed E-state index contributed by atoms with van der Waals surface area (Å²) in [6.45, 7) is 3.29. The Hall–Kier alpha value is -0.570. The highest BCUT2D eigenvalue weighted by molar-refractivity contribution is 5.83. The number of nitrogens with one attached hydrogen (secondary N) is 2. The van der Waals surface area contributed by atoms with Crippen LogP contribution < -0.4 is 10.6 Å². The molecule has 2 N–H and O–H groups in total. The normalized spacial score (nSPS) is 29.0. The highest BCUT2D eigenvalue weighted by Gasteiger charge is 2.14. The van der Waals surface area contributed by atoms with Gasteiger partial charge in [0, 0.05) is 25.6 Å². The number of amidine groups is 1. The first-order chi connectivity index (χ1) is 5.95. The molecule has 0 amide bonds. The van der Waals surface area contributed by atoms with E-state index in [1.807, 2.05) is 0 Å². The SMILES string of the molecule is C1CN=C(NCC2CCCN2)C1. The van der Waals surface area contributed by atoms with Crippen molar-refractivity contribution in [3.63, 3.8) is 0 Å². The summed E-state index contributed by atoms with van der Waals surface area (Å²) in [6.07, 6.45) is 5.05. The molecule has 1 atom stereocenters. The van der Waals surface area contributed by atoms with E-state index in [2.05, 4.69) is 15.6 Å². The number of nitrogens with zero attached hydrogens (tertiary/aromatic N) is 1. The van der Waals surface area contributed by atoms with E-state index in [-0.39, 0.29) is 0 Å². The lowest BCUT2D eigenvalue weighted by Gasteiger charge is -2.11. The van der Waals surface area contributed by atoms with Gasteiger partial charge < -0.3 is 10.6 Å². The molecule has 0 aliphatic carbocycles. The molecular weight excluding hydrogens is 150 g/mol. The van der Waals surface area contributed by atoms with Crippen molar-refractivity contribution in [1.29, 1.82) is 0 Å². The van der Waals surface area contributed by atoms with Gasteiger partial charge in [0.05, 0.1) is 5.84 Å². The molecule has 0 aromatic carbocycles. The van der Waals surface area contributed by atoms with Gasteiger partial charge in [-0.1, -0.05) is 0 Å². The molecular formula is C9H17N3. The average molecular weight is 167 g/mol. The summed E-state index contributed by atoms with van der Waals surface area (Å²) in [5.74, 6) is 1.23. The number of hydrogen-bond donors (Lipinski definition) is 2. The van der Waals surface area contributed by atoms with E-state index in [1.54, 1.807) is 0 Å². The first-order valence-corrected chi connectivity index (χ1v) is 4.96. The molecule has 1 unspecified atom stereocenters. The number of hydrogen-bond acceptors (Lipinski definition) is 3. The van der Waals surface area contributed by atoms with Crippen LogP contribution in [0.25, 0.3) is 0 Å². The quantitative estimate of drug-likeness (QED) is 0.629. The van der Waals surface area contributed by atoms with Gasteiger partial charge >= 0.3 is 0 Å². The standard InChI is InChI=1S/C9H17N3/c1-3-8(10-5-1)7-12-9-4-2-6-11-9/h8,10H,1-7H2,(H,11,12). The topological polar surface area (TPSA) is 36.4 Å². The van der Waals surface area contributed by atoms with Gasteiger partial charge in [-0.15, -0.1) is 0 Å². The molecule has 2 rings (SSSR count). The van der Waals surface area contributed by atoms with E-state index >= 15 is 0 Å². The summed E-state index contributed by atoms with van der Waals surface area (Å²) in [5, 5.41) is 6.87. The molecule has 0 aromatic heterocycles. The lowest BCUT2D eigenvalue weighted by Crippen LogP contribution is -2.36. The maximum atomic E-state index is 4.37. The van der Waals surface area contributed by atoms with Crippen LogP contribution in [0.1, 0.15) is 25.7 Å². The summed E-state index contributed by atoms with van der Waals surface area (Å²) >= 11 is 0. The second kappa shape index (κ2) is 3.90. The zero-order valence-corrected chi connectivity index (χ0v) is 7.47. The predicted molar refractivity (Wildman–Crippen MR) is 50.6 cm³/mol. The van der Waals surface area contributed by atoms with E-state index in [0.717, 1.165) is 19.5 Å². The molecule has 0 bridgehead atoms. The van der Waals surface area contributed by atoms with Crippen LogP contribution in [-0.4, -0.2) is 31.5 Å². The van der Waals surface area contributed by atoms with Crippen molar-refractivity contribution in [2.45, 2.75) is 31.7 Å². The van der Waals surface area contributed by atoms with Gasteiger partial charge in [0.15, 0.2) is 0 Å². The number of rotatable bonds is 2. The third kappa shape index (κ3) is 1.97. The Balaban J connectivity index is 1.67. The molecule has 2 aliphatic heterocycles. The Labute approximate surface area is 73.6 Å². The average Bonchev–Trinajstić information content (AvgIpc) is 2.74. The van der Waals surface area contributed by atoms with Gasteiger partial charge in [0.1, 0.15) is 0 Å². The van der Waals surface area contributed by atoms with Crippen molar-refractivity contribution < 1.29 is 0 Å². The highest BCUT2D eigenvalue weighted by atomic mass is 15.1. The van der Waals surface area contributed by atoms with Gasteiger partial charge in [-0.2, -0.15) is 0 Å². The van der Waals surface area contributed by atoms with Crippen LogP contribution in [0.4, 0.5) is 0 Å². The van der Waals surface area contributed by atoms with Crippen molar-refractivity contribution in [3.05, 3.63) is 0 Å². The summed E-state index contributed by atoms with van der Waals surface area (Å²) in [5.41, 5.74) is 0. The van der Waals surface area contributed by atoms with Crippen LogP contribution in [0.5, 0.6) is 0 Å². The summed E-state index contributed by atoms with van der Waals surface area (Å²) < 4.78 is 0. The smallest absolute Gasteiger partial charge is 0.0964 e. The van der Waals surface area contributed by atoms with Crippen LogP contribution in [-0.2, 0) is 0 Å². The van der Waals surface area contributed by atoms with E-state index < -0.39 is 0 Å². The van der Waals surface area contributed by atoms with Crippen molar-refractivity contribution in [2.75, 3.05) is 19.6 Å². The Kier molecular flexibility index (Phi) is 2.61. The van der Waals surface area contributed by atoms with Crippen LogP contribution >= 0.6 is 0 Å². The molecule has 68 valence electrons. The molecule has 2 heterocycles. The van der Waals surface area contributed by atoms with Gasteiger partial charge in [0.2, 0.25) is 0 Å². The van der Waals surface area contributed by atoms with E-state index in [0.29, 0.717) is 6.04 Å². The van der Waals surface area contributed by atoms with E-state index in [4.69, 9.17) is 0 Å². The number of aliphatic imine (C=N–C) groups is 1. The Morgan fingerprint density at radius 1 is 1.50 bits per heavy atom. The minimum Gasteiger partial charge on any atom is -0.372 e. The minimum absolute atomic E-state index is 0.688. The fourth-order valence-corrected chi connectivity index (χ4v) is 1.86. The van der Waals surface area contributed by atoms with Gasteiger partial charge in [0.25, 0.3) is 0 Å². The van der Waals surface area contributed by atoms with Crippen LogP contribution in [0, 0.1) is 0 Å². The third-order valence-electron chi connectivity index (χ3n) is 2.59. The van der Waals surface area contributed by atoms with Gasteiger partial charge in [-0.3, -0.25) is 4.99 Å². The second-order valence-electron chi connectivity index (χ2n) is 3.61. The van der Waals surface area contributed by atoms with E-state index in [1.165, 1.54) is 31.6 Å². The molecule has 12 heavy (non-hydrogen) atoms. The molecule has 0 saturated carbocycles. The first-order valence-electron chi connectivity index (χ1n) is 4.96. The van der Waals surface area contributed by atoms with Crippen LogP contribution in [0.2, 0.25) is 0 Å². The molecule has 3 heteroatoms. The molecule has 0 radical (unpaired) electrons. The lowest BCUT2D eigenvalue weighted by atomic mass is 10.2. The maximum Gasteiger partial charge on any atom is 0.0964 e. The summed E-state index contributed by atoms with van der Waals surface area (Å²) in [6, 6.07) is 0.688. The van der Waals surface area contributed by atoms with Crippen molar-refractivity contribution in [2.24, 2.45) is 4.99 Å². The van der Waals surface area contributed by atoms with E-state index in [9.17, 15) is 0 Å². The predicted octanol–water partition coefficient (Wildman–Crippen LogP) is 0.520. The molecule has 0 aromatic rings. The van der Waals surface area contributed by atoms with Gasteiger partial charge in [-0.25, -0.2) is 0 Å². The fourth-order valence-electron chi connectivity index (χ4n) is 1.86. The zero-order valence-electron chi connectivity index (χ0n) is 7.47. The molecule has 3 nitrogen and oxygen atoms in total. The molecule has 1 saturated heterocycles. The second-order valence-corrected chi connectivity index (χ2v) is 3.61. The first kappa shape index (κ1) is 8.05. The van der Waals surface area contributed by atoms with Crippen LogP contribution in [0.3, 0.4) is 0 Å². The zero-order chi connectivity index (χ0) is 8.23. The van der Waals surface area contributed by atoms with Crippen LogP contribution in [0.15, 0.2) is 4.99 Å². The third-order valence-corrected chi connectivity index (χ3v) is 2.59. The lowest BCUT2D eigenvalue weighted by molar-refractivity contribution is 0.587. The largest absolute Gasteiger partial charge is 0.372 e. The highest BCUT2D eigenvalue weighted by Crippen LogP contribution is 2.05. The monoisotopic (exact) mass is 167 g/mol. The maximum absolute atomic E-state index is 4.37. The fraction of sp³-hybridized carbons (Fsp3) is 0.889. The van der Waals surface area contributed by atoms with Crippen molar-refractivity contribution in [3.8, 4) is 0 Å². The minimum atomic E-state index is 0.688. The van der Waals surface area contributed by atoms with Crippen molar-refractivity contribution in [1.82, 2.24) is 10.6 Å². The Morgan fingerprint density at radius 3 is 3.17 bits per heavy atom. The molecule has 2 aliphatic rings. The Bertz CT molecular complexity index is 171. The molecule has 1 fully saturated rings. The molecule has 0 spiro atoms. The van der Waals surface area contributed by atoms with Crippen molar-refractivity contribution >= 4 is 5.84 Å². The Morgan fingerprint density at radius 2 is 2.50 bits per heavy atom. The summed E-state index contributed by atoms with van der Waals surface area (Å²) in [4.78, 5) is 4.37. The van der Waals surface area contributed by atoms with Gasteiger partial charge in [-0.05, 0) is 25.8 Å².